The Morgan fingerprint density at radius 3 is 2.28 bits per heavy atom. The van der Waals surface area contributed by atoms with Crippen LogP contribution in [0.15, 0.2) is 35.1 Å². The highest BCUT2D eigenvalue weighted by atomic mass is 35.5. The SMILES string of the molecule is COc1cc(Nc2cc(Nc3cc(C)on3)ncn2)c(OC)cc1Cl. The number of halogens is 1. The van der Waals surface area contributed by atoms with Crippen molar-refractivity contribution in [3.05, 3.63) is 41.4 Å². The van der Waals surface area contributed by atoms with Crippen LogP contribution in [0.5, 0.6) is 11.5 Å². The molecule has 0 bridgehead atoms. The lowest BCUT2D eigenvalue weighted by atomic mass is 10.2. The van der Waals surface area contributed by atoms with E-state index in [1.807, 2.05) is 6.92 Å². The number of methoxy groups -OCH3 is 2. The molecule has 1 aromatic carbocycles. The number of nitrogens with one attached hydrogen (secondary N) is 2. The number of aromatic nitrogens is 3. The van der Waals surface area contributed by atoms with E-state index in [9.17, 15) is 0 Å². The normalized spacial score (nSPS) is 10.4. The second-order valence-corrected chi connectivity index (χ2v) is 5.46. The van der Waals surface area contributed by atoms with E-state index in [0.29, 0.717) is 45.4 Å². The van der Waals surface area contributed by atoms with E-state index in [0.717, 1.165) is 0 Å². The van der Waals surface area contributed by atoms with Crippen molar-refractivity contribution in [2.45, 2.75) is 6.92 Å². The molecular formula is C16H16ClN5O3. The number of hydrogen-bond acceptors (Lipinski definition) is 8. The molecule has 130 valence electrons. The van der Waals surface area contributed by atoms with Gasteiger partial charge >= 0.3 is 0 Å². The van der Waals surface area contributed by atoms with Crippen LogP contribution in [0.4, 0.5) is 23.1 Å². The summed E-state index contributed by atoms with van der Waals surface area (Å²) in [5.74, 6) is 3.47. The fraction of sp³-hybridized carbons (Fsp3) is 0.188. The third-order valence-corrected chi connectivity index (χ3v) is 3.58. The highest BCUT2D eigenvalue weighted by Crippen LogP contribution is 2.37. The van der Waals surface area contributed by atoms with E-state index in [4.69, 9.17) is 25.6 Å². The Morgan fingerprint density at radius 2 is 1.64 bits per heavy atom. The third kappa shape index (κ3) is 3.92. The van der Waals surface area contributed by atoms with Gasteiger partial charge in [-0.3, -0.25) is 0 Å². The summed E-state index contributed by atoms with van der Waals surface area (Å²) in [6.07, 6.45) is 1.43. The molecule has 2 aromatic heterocycles. The summed E-state index contributed by atoms with van der Waals surface area (Å²) in [6.45, 7) is 1.81. The number of aryl methyl sites for hydroxylation is 1. The van der Waals surface area contributed by atoms with Crippen molar-refractivity contribution < 1.29 is 14.0 Å². The van der Waals surface area contributed by atoms with Crippen LogP contribution in [-0.4, -0.2) is 29.3 Å². The van der Waals surface area contributed by atoms with Crippen LogP contribution in [-0.2, 0) is 0 Å². The van der Waals surface area contributed by atoms with E-state index in [-0.39, 0.29) is 0 Å². The van der Waals surface area contributed by atoms with Crippen molar-refractivity contribution in [1.82, 2.24) is 15.1 Å². The average molecular weight is 362 g/mol. The molecule has 0 saturated carbocycles. The zero-order chi connectivity index (χ0) is 17.8. The molecule has 3 rings (SSSR count). The lowest BCUT2D eigenvalue weighted by Gasteiger charge is -2.13. The molecule has 25 heavy (non-hydrogen) atoms. The molecule has 2 N–H and O–H groups in total. The summed E-state index contributed by atoms with van der Waals surface area (Å²) < 4.78 is 15.6. The molecule has 9 heteroatoms. The number of nitrogens with zero attached hydrogens (tertiary/aromatic N) is 3. The maximum Gasteiger partial charge on any atom is 0.175 e. The highest BCUT2D eigenvalue weighted by molar-refractivity contribution is 6.32. The van der Waals surface area contributed by atoms with Gasteiger partial charge in [-0.25, -0.2) is 9.97 Å². The van der Waals surface area contributed by atoms with Gasteiger partial charge in [0.1, 0.15) is 35.2 Å². The third-order valence-electron chi connectivity index (χ3n) is 3.29. The Hall–Kier alpha value is -3.00. The van der Waals surface area contributed by atoms with Crippen LogP contribution in [0.3, 0.4) is 0 Å². The minimum absolute atomic E-state index is 0.455. The number of benzene rings is 1. The van der Waals surface area contributed by atoms with Crippen LogP contribution < -0.4 is 20.1 Å². The predicted octanol–water partition coefficient (Wildman–Crippen LogP) is 3.93. The van der Waals surface area contributed by atoms with Gasteiger partial charge in [0.2, 0.25) is 0 Å². The fourth-order valence-corrected chi connectivity index (χ4v) is 2.38. The molecule has 0 fully saturated rings. The molecule has 8 nitrogen and oxygen atoms in total. The Labute approximate surface area is 149 Å². The maximum absolute atomic E-state index is 6.12. The van der Waals surface area contributed by atoms with E-state index in [1.165, 1.54) is 6.33 Å². The monoisotopic (exact) mass is 361 g/mol. The summed E-state index contributed by atoms with van der Waals surface area (Å²) in [7, 11) is 3.10. The van der Waals surface area contributed by atoms with Crippen molar-refractivity contribution in [2.75, 3.05) is 24.9 Å². The van der Waals surface area contributed by atoms with Gasteiger partial charge in [-0.1, -0.05) is 16.8 Å². The first-order chi connectivity index (χ1) is 12.1. The maximum atomic E-state index is 6.12. The lowest BCUT2D eigenvalue weighted by Crippen LogP contribution is -2.00. The molecule has 0 aliphatic rings. The lowest BCUT2D eigenvalue weighted by molar-refractivity contribution is 0.400. The van der Waals surface area contributed by atoms with Gasteiger partial charge in [-0.15, -0.1) is 0 Å². The number of rotatable bonds is 6. The Morgan fingerprint density at radius 1 is 0.920 bits per heavy atom. The molecule has 2 heterocycles. The minimum atomic E-state index is 0.455. The first kappa shape index (κ1) is 16.8. The molecule has 0 unspecified atom stereocenters. The molecule has 0 aliphatic heterocycles. The molecular weight excluding hydrogens is 346 g/mol. The second-order valence-electron chi connectivity index (χ2n) is 5.05. The van der Waals surface area contributed by atoms with Crippen LogP contribution >= 0.6 is 11.6 Å². The van der Waals surface area contributed by atoms with Gasteiger partial charge in [-0.05, 0) is 6.92 Å². The Kier molecular flexibility index (Phi) is 4.90. The van der Waals surface area contributed by atoms with Gasteiger partial charge in [0.15, 0.2) is 5.82 Å². The summed E-state index contributed by atoms with van der Waals surface area (Å²) in [5.41, 5.74) is 0.658. The zero-order valence-electron chi connectivity index (χ0n) is 13.8. The highest BCUT2D eigenvalue weighted by Gasteiger charge is 2.11. The van der Waals surface area contributed by atoms with Crippen molar-refractivity contribution in [1.29, 1.82) is 0 Å². The molecule has 0 atom stereocenters. The largest absolute Gasteiger partial charge is 0.495 e. The van der Waals surface area contributed by atoms with Crippen molar-refractivity contribution in [3.63, 3.8) is 0 Å². The summed E-state index contributed by atoms with van der Waals surface area (Å²) in [5, 5.41) is 10.5. The van der Waals surface area contributed by atoms with E-state index >= 15 is 0 Å². The first-order valence-electron chi connectivity index (χ1n) is 7.30. The van der Waals surface area contributed by atoms with E-state index < -0.39 is 0 Å². The van der Waals surface area contributed by atoms with Gasteiger partial charge in [0.05, 0.1) is 24.9 Å². The number of hydrogen-bond donors (Lipinski definition) is 2. The Balaban J connectivity index is 1.84. The quantitative estimate of drug-likeness (QED) is 0.682. The van der Waals surface area contributed by atoms with Crippen molar-refractivity contribution in [3.8, 4) is 11.5 Å². The van der Waals surface area contributed by atoms with E-state index in [2.05, 4.69) is 25.8 Å². The van der Waals surface area contributed by atoms with Crippen LogP contribution in [0.2, 0.25) is 5.02 Å². The summed E-state index contributed by atoms with van der Waals surface area (Å²) >= 11 is 6.12. The molecule has 0 spiro atoms. The molecule has 0 saturated heterocycles. The van der Waals surface area contributed by atoms with Crippen molar-refractivity contribution >= 4 is 34.7 Å². The van der Waals surface area contributed by atoms with Gasteiger partial charge in [0, 0.05) is 24.3 Å². The van der Waals surface area contributed by atoms with Crippen LogP contribution in [0, 0.1) is 6.92 Å². The Bertz CT molecular complexity index is 884. The smallest absolute Gasteiger partial charge is 0.175 e. The summed E-state index contributed by atoms with van der Waals surface area (Å²) in [6, 6.07) is 6.89. The van der Waals surface area contributed by atoms with E-state index in [1.54, 1.807) is 38.5 Å². The van der Waals surface area contributed by atoms with Gasteiger partial charge in [-0.2, -0.15) is 0 Å². The molecule has 0 radical (unpaired) electrons. The molecule has 0 aliphatic carbocycles. The van der Waals surface area contributed by atoms with Crippen molar-refractivity contribution in [2.24, 2.45) is 0 Å². The van der Waals surface area contributed by atoms with Gasteiger partial charge < -0.3 is 24.6 Å². The number of anilines is 4. The molecule has 0 amide bonds. The van der Waals surface area contributed by atoms with Crippen LogP contribution in [0.1, 0.15) is 5.76 Å². The summed E-state index contributed by atoms with van der Waals surface area (Å²) in [4.78, 5) is 8.35. The fourth-order valence-electron chi connectivity index (χ4n) is 2.15. The second kappa shape index (κ2) is 7.27. The topological polar surface area (TPSA) is 94.3 Å². The standard InChI is InChI=1S/C16H16ClN5O3/c1-9-4-16(22-25-9)21-15-7-14(18-8-19-15)20-11-6-12(23-2)10(17)5-13(11)24-3/h4-8H,1-3H3,(H2,18,19,20,21,22). The van der Waals surface area contributed by atoms with Gasteiger partial charge in [0.25, 0.3) is 0 Å². The minimum Gasteiger partial charge on any atom is -0.495 e. The predicted molar refractivity (Wildman–Crippen MR) is 94.4 cm³/mol. The first-order valence-corrected chi connectivity index (χ1v) is 7.68. The van der Waals surface area contributed by atoms with Crippen LogP contribution in [0.25, 0.3) is 0 Å². The number of ether oxygens (including phenoxy) is 2. The average Bonchev–Trinajstić information content (AvgIpc) is 3.01. The zero-order valence-corrected chi connectivity index (χ0v) is 14.6. The molecule has 3 aromatic rings.